The predicted octanol–water partition coefficient (Wildman–Crippen LogP) is 3.57. The molecule has 2 rings (SSSR count). The molecule has 1 N–H and O–H groups in total. The number of halogens is 1. The van der Waals surface area contributed by atoms with Crippen molar-refractivity contribution in [2.45, 2.75) is 58.7 Å². The van der Waals surface area contributed by atoms with Crippen molar-refractivity contribution >= 4 is 23.3 Å². The summed E-state index contributed by atoms with van der Waals surface area (Å²) in [7, 11) is 0. The van der Waals surface area contributed by atoms with Gasteiger partial charge in [-0.15, -0.1) is 5.10 Å². The third kappa shape index (κ3) is 5.09. The van der Waals surface area contributed by atoms with Crippen LogP contribution >= 0.6 is 11.5 Å². The van der Waals surface area contributed by atoms with Crippen molar-refractivity contribution < 1.29 is 14.0 Å². The lowest BCUT2D eigenvalue weighted by atomic mass is 9.98. The van der Waals surface area contributed by atoms with E-state index >= 15 is 0 Å². The molecule has 0 aliphatic heterocycles. The van der Waals surface area contributed by atoms with Gasteiger partial charge >= 0.3 is 0 Å². The quantitative estimate of drug-likeness (QED) is 0.815. The van der Waals surface area contributed by atoms with Crippen LogP contribution in [0.2, 0.25) is 0 Å². The Morgan fingerprint density at radius 2 is 1.96 bits per heavy atom. The Balaban J connectivity index is 2.58. The monoisotopic (exact) mass is 392 g/mol. The van der Waals surface area contributed by atoms with Crippen LogP contribution in [0.5, 0.6) is 0 Å². The Morgan fingerprint density at radius 1 is 1.30 bits per heavy atom. The summed E-state index contributed by atoms with van der Waals surface area (Å²) in [6, 6.07) is 4.60. The Hall–Kier alpha value is -2.35. The molecule has 2 amide bonds. The second kappa shape index (κ2) is 8.56. The summed E-state index contributed by atoms with van der Waals surface area (Å²) in [6.45, 7) is 9.25. The predicted molar refractivity (Wildman–Crippen MR) is 103 cm³/mol. The number of rotatable bonds is 6. The van der Waals surface area contributed by atoms with Crippen LogP contribution in [0.4, 0.5) is 4.39 Å². The van der Waals surface area contributed by atoms with Crippen LogP contribution in [0.1, 0.15) is 63.1 Å². The summed E-state index contributed by atoms with van der Waals surface area (Å²) in [4.78, 5) is 27.7. The number of hydrogen-bond donors (Lipinski definition) is 1. The van der Waals surface area contributed by atoms with Crippen molar-refractivity contribution in [2.75, 3.05) is 0 Å². The normalized spacial score (nSPS) is 13.7. The van der Waals surface area contributed by atoms with E-state index in [1.54, 1.807) is 12.1 Å². The first-order valence-corrected chi connectivity index (χ1v) is 9.65. The number of nitrogens with zero attached hydrogens (tertiary/aromatic N) is 3. The molecule has 0 aliphatic rings. The third-order valence-electron chi connectivity index (χ3n) is 4.10. The molecule has 1 aromatic carbocycles. The van der Waals surface area contributed by atoms with Gasteiger partial charge in [0.25, 0.3) is 5.91 Å². The van der Waals surface area contributed by atoms with Gasteiger partial charge in [0.2, 0.25) is 5.91 Å². The highest BCUT2D eigenvalue weighted by Crippen LogP contribution is 2.29. The minimum atomic E-state index is -1.12. The van der Waals surface area contributed by atoms with Gasteiger partial charge < -0.3 is 10.2 Å². The zero-order valence-corrected chi connectivity index (χ0v) is 17.0. The van der Waals surface area contributed by atoms with Crippen molar-refractivity contribution in [1.29, 1.82) is 0 Å². The van der Waals surface area contributed by atoms with Gasteiger partial charge in [-0.25, -0.2) is 4.39 Å². The van der Waals surface area contributed by atoms with Crippen molar-refractivity contribution in [1.82, 2.24) is 19.8 Å². The molecule has 2 aromatic rings. The number of aromatic nitrogens is 2. The number of carbonyl (C=O) groups excluding carboxylic acids is 2. The molecule has 0 aliphatic carbocycles. The minimum absolute atomic E-state index is 0.144. The highest BCUT2D eigenvalue weighted by Gasteiger charge is 2.38. The fraction of sp³-hybridized carbons (Fsp3) is 0.474. The Kier molecular flexibility index (Phi) is 6.64. The molecule has 0 unspecified atom stereocenters. The van der Waals surface area contributed by atoms with E-state index in [9.17, 15) is 14.0 Å². The maximum atomic E-state index is 14.6. The van der Waals surface area contributed by atoms with Crippen LogP contribution in [-0.4, -0.2) is 37.9 Å². The van der Waals surface area contributed by atoms with Gasteiger partial charge in [-0.2, -0.15) is 0 Å². The summed E-state index contributed by atoms with van der Waals surface area (Å²) in [5, 5.41) is 8.24. The number of nitrogens with one attached hydrogen (secondary N) is 1. The van der Waals surface area contributed by atoms with Crippen molar-refractivity contribution in [3.63, 3.8) is 0 Å². The molecule has 0 bridgehead atoms. The average molecular weight is 393 g/mol. The Labute approximate surface area is 162 Å². The van der Waals surface area contributed by atoms with Crippen LogP contribution < -0.4 is 5.32 Å². The first-order valence-electron chi connectivity index (χ1n) is 8.82. The molecule has 0 saturated heterocycles. The molecule has 1 aromatic heterocycles. The highest BCUT2D eigenvalue weighted by molar-refractivity contribution is 7.03. The summed E-state index contributed by atoms with van der Waals surface area (Å²) >= 11 is 1.05. The summed E-state index contributed by atoms with van der Waals surface area (Å²) in [5.74, 6) is -1.43. The molecule has 0 radical (unpaired) electrons. The van der Waals surface area contributed by atoms with Crippen LogP contribution in [0, 0.1) is 5.82 Å². The Morgan fingerprint density at radius 3 is 2.48 bits per heavy atom. The maximum Gasteiger partial charge on any atom is 0.276 e. The van der Waals surface area contributed by atoms with Crippen molar-refractivity contribution in [3.05, 3.63) is 46.7 Å². The van der Waals surface area contributed by atoms with Crippen LogP contribution in [0.3, 0.4) is 0 Å². The SMILES string of the molecule is CC[C@@H](C)N(C(=O)c1csnn1)[C@H](C(=O)NC(C)(C)C)c1ccccc1F. The van der Waals surface area contributed by atoms with Crippen LogP contribution in [0.15, 0.2) is 29.6 Å². The first kappa shape index (κ1) is 21.0. The van der Waals surface area contributed by atoms with E-state index in [0.717, 1.165) is 11.5 Å². The fourth-order valence-electron chi connectivity index (χ4n) is 2.71. The molecule has 0 saturated carbocycles. The standard InChI is InChI=1S/C19H25FN4O2S/c1-6-12(2)24(18(26)15-11-27-23-22-15)16(17(25)21-19(3,4)5)13-9-7-8-10-14(13)20/h7-12,16H,6H2,1-5H3,(H,21,25)/t12-,16+/m1/s1. The topological polar surface area (TPSA) is 75.2 Å². The van der Waals surface area contributed by atoms with E-state index in [1.807, 2.05) is 34.6 Å². The lowest BCUT2D eigenvalue weighted by molar-refractivity contribution is -0.128. The molecule has 0 fully saturated rings. The molecule has 8 heteroatoms. The molecule has 0 spiro atoms. The number of benzene rings is 1. The van der Waals surface area contributed by atoms with Crippen molar-refractivity contribution in [2.24, 2.45) is 0 Å². The molecular formula is C19H25FN4O2S. The number of amides is 2. The van der Waals surface area contributed by atoms with E-state index in [4.69, 9.17) is 0 Å². The van der Waals surface area contributed by atoms with E-state index in [-0.39, 0.29) is 17.3 Å². The zero-order valence-electron chi connectivity index (χ0n) is 16.2. The summed E-state index contributed by atoms with van der Waals surface area (Å²) < 4.78 is 18.4. The van der Waals surface area contributed by atoms with Gasteiger partial charge in [-0.1, -0.05) is 29.6 Å². The zero-order chi connectivity index (χ0) is 20.2. The van der Waals surface area contributed by atoms with Crippen LogP contribution in [-0.2, 0) is 4.79 Å². The minimum Gasteiger partial charge on any atom is -0.349 e. The van der Waals surface area contributed by atoms with Crippen molar-refractivity contribution in [3.8, 4) is 0 Å². The van der Waals surface area contributed by atoms with Gasteiger partial charge in [-0.3, -0.25) is 9.59 Å². The second-order valence-corrected chi connectivity index (χ2v) is 8.03. The lowest BCUT2D eigenvalue weighted by Gasteiger charge is -2.37. The Bertz CT molecular complexity index is 789. The van der Waals surface area contributed by atoms with Gasteiger partial charge in [-0.05, 0) is 51.7 Å². The van der Waals surface area contributed by atoms with Gasteiger partial charge in [0.1, 0.15) is 11.9 Å². The summed E-state index contributed by atoms with van der Waals surface area (Å²) in [6.07, 6.45) is 0.594. The first-order chi connectivity index (χ1) is 12.7. The second-order valence-electron chi connectivity index (χ2n) is 7.42. The van der Waals surface area contributed by atoms with E-state index in [2.05, 4.69) is 14.9 Å². The largest absolute Gasteiger partial charge is 0.349 e. The third-order valence-corrected chi connectivity index (χ3v) is 4.61. The molecule has 146 valence electrons. The van der Waals surface area contributed by atoms with E-state index < -0.39 is 29.2 Å². The maximum absolute atomic E-state index is 14.6. The summed E-state index contributed by atoms with van der Waals surface area (Å²) in [5.41, 5.74) is -0.242. The smallest absolute Gasteiger partial charge is 0.276 e. The molecular weight excluding hydrogens is 367 g/mol. The van der Waals surface area contributed by atoms with Gasteiger partial charge in [0.15, 0.2) is 5.69 Å². The molecule has 2 atom stereocenters. The fourth-order valence-corrected chi connectivity index (χ4v) is 3.14. The number of hydrogen-bond acceptors (Lipinski definition) is 5. The van der Waals surface area contributed by atoms with Gasteiger partial charge in [0, 0.05) is 22.5 Å². The highest BCUT2D eigenvalue weighted by atomic mass is 32.1. The lowest BCUT2D eigenvalue weighted by Crippen LogP contribution is -2.51. The molecule has 6 nitrogen and oxygen atoms in total. The molecule has 27 heavy (non-hydrogen) atoms. The number of carbonyl (C=O) groups is 2. The van der Waals surface area contributed by atoms with Gasteiger partial charge in [0.05, 0.1) is 0 Å². The van der Waals surface area contributed by atoms with Crippen LogP contribution in [0.25, 0.3) is 0 Å². The molecule has 1 heterocycles. The average Bonchev–Trinajstić information content (AvgIpc) is 3.12. The van der Waals surface area contributed by atoms with E-state index in [0.29, 0.717) is 6.42 Å². The van der Waals surface area contributed by atoms with E-state index in [1.165, 1.54) is 22.4 Å².